The number of rotatable bonds is 16. The van der Waals surface area contributed by atoms with Crippen molar-refractivity contribution in [2.45, 2.75) is 84.5 Å². The van der Waals surface area contributed by atoms with Gasteiger partial charge in [0.25, 0.3) is 11.8 Å². The van der Waals surface area contributed by atoms with Gasteiger partial charge in [-0.25, -0.2) is 4.98 Å². The van der Waals surface area contributed by atoms with Crippen molar-refractivity contribution >= 4 is 64.3 Å². The zero-order valence-corrected chi connectivity index (χ0v) is 34.8. The minimum Gasteiger partial charge on any atom is -0.372 e. The Bertz CT molecular complexity index is 2170. The Morgan fingerprint density at radius 3 is 2.33 bits per heavy atom. The number of amides is 8. The van der Waals surface area contributed by atoms with Crippen molar-refractivity contribution in [1.29, 1.82) is 0 Å². The van der Waals surface area contributed by atoms with Crippen molar-refractivity contribution in [2.24, 2.45) is 5.41 Å². The second-order valence-corrected chi connectivity index (χ2v) is 16.8. The van der Waals surface area contributed by atoms with E-state index >= 15 is 0 Å². The molecule has 2 unspecified atom stereocenters. The van der Waals surface area contributed by atoms with Crippen molar-refractivity contribution in [3.63, 3.8) is 0 Å². The summed E-state index contributed by atoms with van der Waals surface area (Å²) in [5, 5.41) is 10.5. The number of nitrogens with one attached hydrogen (secondary N) is 4. The first-order chi connectivity index (χ1) is 28.6. The van der Waals surface area contributed by atoms with Crippen LogP contribution in [0.1, 0.15) is 84.8 Å². The molecule has 2 saturated heterocycles. The van der Waals surface area contributed by atoms with E-state index in [9.17, 15) is 38.4 Å². The molecule has 3 atom stereocenters. The van der Waals surface area contributed by atoms with E-state index < -0.39 is 59.0 Å². The summed E-state index contributed by atoms with van der Waals surface area (Å²) in [6.45, 7) is 7.69. The molecular weight excluding hydrogens is 795 g/mol. The fourth-order valence-electron chi connectivity index (χ4n) is 7.38. The normalized spacial score (nSPS) is 18.3. The molecule has 17 nitrogen and oxygen atoms in total. The highest BCUT2D eigenvalue weighted by Gasteiger charge is 2.46. The fraction of sp³-hybridized carbons (Fsp3) is 0.452. The summed E-state index contributed by atoms with van der Waals surface area (Å²) in [5.74, 6) is -4.34. The third-order valence-electron chi connectivity index (χ3n) is 10.5. The number of carbonyl (C=O) groups excluding carboxylic acids is 8. The number of piperidine rings is 1. The lowest BCUT2D eigenvalue weighted by atomic mass is 9.85. The number of aryl methyl sites for hydroxylation is 1. The van der Waals surface area contributed by atoms with Crippen molar-refractivity contribution in [2.75, 3.05) is 38.3 Å². The molecule has 18 heteroatoms. The topological polar surface area (TPSA) is 223 Å². The molecule has 0 spiro atoms. The summed E-state index contributed by atoms with van der Waals surface area (Å²) in [5.41, 5.74) is 4.15. The molecule has 3 aromatic rings. The van der Waals surface area contributed by atoms with Crippen molar-refractivity contribution in [3.05, 3.63) is 70.4 Å². The number of aromatic nitrogens is 1. The van der Waals surface area contributed by atoms with Gasteiger partial charge in [-0.3, -0.25) is 48.6 Å². The molecule has 0 aliphatic carbocycles. The smallest absolute Gasteiger partial charge is 0.264 e. The molecule has 8 amide bonds. The standard InChI is InChI=1S/C42H49N7O10S/c1-24-35(60-23-44-24)26-13-11-25(12-14-26)20-43-37(53)29-10-6-17-48(29)41(57)36(42(2,3)4)46-33(52)22-59-19-7-18-58-21-32(51)45-28-9-5-8-27-34(28)40(56)49(39(27)55)30-15-16-31(50)47-38(30)54/h5,8-9,11-14,23,29-30,36H,6-7,10,15-22H2,1-4H3,(H,43,53)(H,45,51)(H,46,52)(H,47,50,54)/t29?,30?,36-/m1/s1. The number of anilines is 1. The molecule has 1 aromatic heterocycles. The average molecular weight is 844 g/mol. The summed E-state index contributed by atoms with van der Waals surface area (Å²) in [7, 11) is 0. The molecule has 4 N–H and O–H groups in total. The quantitative estimate of drug-likeness (QED) is 0.121. The predicted molar refractivity (Wildman–Crippen MR) is 218 cm³/mol. The summed E-state index contributed by atoms with van der Waals surface area (Å²) < 4.78 is 11.0. The van der Waals surface area contributed by atoms with Crippen LogP contribution in [0.4, 0.5) is 5.69 Å². The third kappa shape index (κ3) is 10.1. The maximum atomic E-state index is 13.9. The molecule has 0 radical (unpaired) electrons. The van der Waals surface area contributed by atoms with E-state index in [1.807, 2.05) is 57.5 Å². The summed E-state index contributed by atoms with van der Waals surface area (Å²) in [4.78, 5) is 111. The van der Waals surface area contributed by atoms with Gasteiger partial charge in [0.05, 0.1) is 32.9 Å². The van der Waals surface area contributed by atoms with E-state index in [0.29, 0.717) is 32.4 Å². The van der Waals surface area contributed by atoms with Gasteiger partial charge in [-0.2, -0.15) is 0 Å². The van der Waals surface area contributed by atoms with Gasteiger partial charge in [-0.1, -0.05) is 51.1 Å². The van der Waals surface area contributed by atoms with Crippen molar-refractivity contribution in [1.82, 2.24) is 30.7 Å². The Kier molecular flexibility index (Phi) is 13.9. The molecule has 4 heterocycles. The van der Waals surface area contributed by atoms with Crippen LogP contribution in [0.2, 0.25) is 0 Å². The lowest BCUT2D eigenvalue weighted by molar-refractivity contribution is -0.144. The molecule has 318 valence electrons. The van der Waals surface area contributed by atoms with Crippen LogP contribution < -0.4 is 21.3 Å². The number of carbonyl (C=O) groups is 8. The van der Waals surface area contributed by atoms with Crippen molar-refractivity contribution in [3.8, 4) is 10.4 Å². The molecule has 3 aliphatic rings. The van der Waals surface area contributed by atoms with Crippen LogP contribution in [0.5, 0.6) is 0 Å². The number of hydrogen-bond acceptors (Lipinski definition) is 12. The minimum atomic E-state index is -1.14. The zero-order valence-electron chi connectivity index (χ0n) is 34.0. The number of likely N-dealkylation sites (tertiary alicyclic amines) is 1. The van der Waals surface area contributed by atoms with Gasteiger partial charge >= 0.3 is 0 Å². The van der Waals surface area contributed by atoms with Gasteiger partial charge in [-0.15, -0.1) is 11.3 Å². The van der Waals surface area contributed by atoms with Crippen LogP contribution in [0.15, 0.2) is 48.0 Å². The van der Waals surface area contributed by atoms with E-state index in [2.05, 4.69) is 26.3 Å². The number of fused-ring (bicyclic) bond motifs is 1. The van der Waals surface area contributed by atoms with E-state index in [4.69, 9.17) is 9.47 Å². The Hall–Kier alpha value is -5.85. The Morgan fingerprint density at radius 1 is 0.950 bits per heavy atom. The Morgan fingerprint density at radius 2 is 1.67 bits per heavy atom. The second kappa shape index (κ2) is 19.0. The summed E-state index contributed by atoms with van der Waals surface area (Å²) >= 11 is 1.57. The molecule has 3 aliphatic heterocycles. The first-order valence-corrected chi connectivity index (χ1v) is 20.7. The summed E-state index contributed by atoms with van der Waals surface area (Å²) in [6.07, 6.45) is 1.49. The van der Waals surface area contributed by atoms with Crippen LogP contribution in [0.3, 0.4) is 0 Å². The molecule has 6 rings (SSSR count). The third-order valence-corrected chi connectivity index (χ3v) is 11.4. The molecule has 0 saturated carbocycles. The zero-order chi connectivity index (χ0) is 43.1. The first kappa shape index (κ1) is 43.7. The van der Waals surface area contributed by atoms with Crippen LogP contribution >= 0.6 is 11.3 Å². The van der Waals surface area contributed by atoms with Crippen molar-refractivity contribution < 1.29 is 47.8 Å². The lowest BCUT2D eigenvalue weighted by Gasteiger charge is -2.35. The number of nitrogens with zero attached hydrogens (tertiary/aromatic N) is 3. The molecule has 2 aromatic carbocycles. The largest absolute Gasteiger partial charge is 0.372 e. The molecule has 60 heavy (non-hydrogen) atoms. The highest BCUT2D eigenvalue weighted by molar-refractivity contribution is 7.13. The fourth-order valence-corrected chi connectivity index (χ4v) is 8.19. The molecule has 2 fully saturated rings. The molecule has 0 bridgehead atoms. The van der Waals surface area contributed by atoms with Gasteiger partial charge in [0, 0.05) is 32.7 Å². The predicted octanol–water partition coefficient (Wildman–Crippen LogP) is 2.72. The monoisotopic (exact) mass is 843 g/mol. The lowest BCUT2D eigenvalue weighted by Crippen LogP contribution is -2.58. The Balaban J connectivity index is 0.907. The van der Waals surface area contributed by atoms with Crippen LogP contribution in [0.25, 0.3) is 10.4 Å². The molecular formula is C42H49N7O10S. The van der Waals surface area contributed by atoms with Gasteiger partial charge in [-0.05, 0) is 61.3 Å². The van der Waals surface area contributed by atoms with Gasteiger partial charge in [0.15, 0.2) is 0 Å². The van der Waals surface area contributed by atoms with Crippen LogP contribution in [-0.4, -0.2) is 113 Å². The number of imide groups is 2. The van der Waals surface area contributed by atoms with Gasteiger partial charge in [0.1, 0.15) is 31.3 Å². The number of thiazole rings is 1. The number of hydrogen-bond donors (Lipinski definition) is 4. The van der Waals surface area contributed by atoms with Gasteiger partial charge in [0.2, 0.25) is 35.4 Å². The minimum absolute atomic E-state index is 0.00478. The SMILES string of the molecule is Cc1ncsc1-c1ccc(CNC(=O)C2CCCN2C(=O)[C@@H](NC(=O)COCCCOCC(=O)Nc2cccc3c2C(=O)N(C2CCC(=O)NC2=O)C3=O)C(C)(C)C)cc1. The highest BCUT2D eigenvalue weighted by atomic mass is 32.1. The Labute approximate surface area is 350 Å². The summed E-state index contributed by atoms with van der Waals surface area (Å²) in [6, 6.07) is 9.59. The van der Waals surface area contributed by atoms with Crippen LogP contribution in [0, 0.1) is 12.3 Å². The van der Waals surface area contributed by atoms with E-state index in [-0.39, 0.29) is 67.9 Å². The highest BCUT2D eigenvalue weighted by Crippen LogP contribution is 2.33. The van der Waals surface area contributed by atoms with Crippen LogP contribution in [-0.2, 0) is 44.8 Å². The van der Waals surface area contributed by atoms with E-state index in [1.165, 1.54) is 18.2 Å². The number of benzene rings is 2. The van der Waals surface area contributed by atoms with Gasteiger partial charge < -0.3 is 30.3 Å². The van der Waals surface area contributed by atoms with E-state index in [0.717, 1.165) is 26.6 Å². The van der Waals surface area contributed by atoms with E-state index in [1.54, 1.807) is 16.2 Å². The first-order valence-electron chi connectivity index (χ1n) is 19.8. The maximum Gasteiger partial charge on any atom is 0.264 e. The number of ether oxygens (including phenoxy) is 2. The average Bonchev–Trinajstić information content (AvgIpc) is 3.94. The maximum absolute atomic E-state index is 13.9. The second-order valence-electron chi connectivity index (χ2n) is 15.9.